The molecule has 0 spiro atoms. The molecule has 0 saturated heterocycles. The van der Waals surface area contributed by atoms with Crippen LogP contribution in [0.4, 0.5) is 4.79 Å². The van der Waals surface area contributed by atoms with E-state index in [-0.39, 0.29) is 24.4 Å². The van der Waals surface area contributed by atoms with Crippen LogP contribution in [-0.2, 0) is 6.54 Å². The number of carboxylic acids is 1. The summed E-state index contributed by atoms with van der Waals surface area (Å²) in [5.41, 5.74) is 0. The second kappa shape index (κ2) is 6.25. The van der Waals surface area contributed by atoms with Crippen LogP contribution in [-0.4, -0.2) is 17.1 Å². The molecule has 2 aromatic heterocycles. The van der Waals surface area contributed by atoms with Crippen molar-refractivity contribution in [2.75, 3.05) is 0 Å². The Labute approximate surface area is 119 Å². The molecule has 6 nitrogen and oxygen atoms in total. The van der Waals surface area contributed by atoms with E-state index in [0.717, 1.165) is 4.88 Å². The number of hydrogen-bond donors (Lipinski definition) is 3. The lowest BCUT2D eigenvalue weighted by molar-refractivity contribution is 0.0660. The van der Waals surface area contributed by atoms with Gasteiger partial charge in [-0.05, 0) is 30.5 Å². The van der Waals surface area contributed by atoms with E-state index >= 15 is 0 Å². The van der Waals surface area contributed by atoms with Gasteiger partial charge in [-0.15, -0.1) is 11.3 Å². The molecule has 2 aromatic rings. The Morgan fingerprint density at radius 3 is 2.80 bits per heavy atom. The number of furan rings is 1. The van der Waals surface area contributed by atoms with Crippen LogP contribution in [0.2, 0.25) is 0 Å². The maximum absolute atomic E-state index is 11.7. The summed E-state index contributed by atoms with van der Waals surface area (Å²) in [6.07, 6.45) is 0. The van der Waals surface area contributed by atoms with Gasteiger partial charge in [-0.3, -0.25) is 0 Å². The molecule has 1 unspecified atom stereocenters. The molecule has 2 amide bonds. The molecule has 0 aliphatic heterocycles. The van der Waals surface area contributed by atoms with E-state index in [0.29, 0.717) is 5.76 Å². The number of carbonyl (C=O) groups is 2. The number of carboxylic acid groups (broad SMARTS) is 1. The van der Waals surface area contributed by atoms with Gasteiger partial charge in [0.1, 0.15) is 5.76 Å². The average molecular weight is 294 g/mol. The van der Waals surface area contributed by atoms with E-state index in [1.54, 1.807) is 11.3 Å². The Hall–Kier alpha value is -2.28. The molecule has 7 heteroatoms. The number of nitrogens with one attached hydrogen (secondary N) is 2. The van der Waals surface area contributed by atoms with Gasteiger partial charge in [-0.2, -0.15) is 0 Å². The Bertz CT molecular complexity index is 591. The molecule has 0 bridgehead atoms. The van der Waals surface area contributed by atoms with Crippen LogP contribution < -0.4 is 10.6 Å². The minimum atomic E-state index is -1.13. The van der Waals surface area contributed by atoms with Crippen molar-refractivity contribution in [1.82, 2.24) is 10.6 Å². The SMILES string of the molecule is CC(NC(=O)NCc1ccc(C(=O)O)o1)c1cccs1. The lowest BCUT2D eigenvalue weighted by Gasteiger charge is -2.12. The molecule has 0 aromatic carbocycles. The lowest BCUT2D eigenvalue weighted by Crippen LogP contribution is -2.36. The van der Waals surface area contributed by atoms with E-state index in [4.69, 9.17) is 9.52 Å². The maximum Gasteiger partial charge on any atom is 0.371 e. The first-order valence-electron chi connectivity index (χ1n) is 5.96. The Balaban J connectivity index is 1.81. The predicted molar refractivity (Wildman–Crippen MR) is 73.8 cm³/mol. The van der Waals surface area contributed by atoms with Crippen molar-refractivity contribution in [2.45, 2.75) is 19.5 Å². The van der Waals surface area contributed by atoms with Gasteiger partial charge in [-0.1, -0.05) is 6.07 Å². The molecule has 106 valence electrons. The summed E-state index contributed by atoms with van der Waals surface area (Å²) in [6.45, 7) is 2.02. The fourth-order valence-corrected chi connectivity index (χ4v) is 2.35. The number of urea groups is 1. The molecule has 3 N–H and O–H groups in total. The monoisotopic (exact) mass is 294 g/mol. The second-order valence-electron chi connectivity index (χ2n) is 4.14. The van der Waals surface area contributed by atoms with Crippen LogP contribution in [0.15, 0.2) is 34.1 Å². The zero-order valence-corrected chi connectivity index (χ0v) is 11.6. The molecular formula is C13H14N2O4S. The van der Waals surface area contributed by atoms with Crippen molar-refractivity contribution < 1.29 is 19.1 Å². The van der Waals surface area contributed by atoms with Crippen LogP contribution >= 0.6 is 11.3 Å². The van der Waals surface area contributed by atoms with Crippen molar-refractivity contribution in [3.05, 3.63) is 46.0 Å². The first-order chi connectivity index (χ1) is 9.56. The van der Waals surface area contributed by atoms with Gasteiger partial charge in [0.25, 0.3) is 0 Å². The fraction of sp³-hybridized carbons (Fsp3) is 0.231. The minimum absolute atomic E-state index is 0.0822. The van der Waals surface area contributed by atoms with Gasteiger partial charge in [0.2, 0.25) is 5.76 Å². The van der Waals surface area contributed by atoms with Crippen LogP contribution in [0.1, 0.15) is 34.2 Å². The first kappa shape index (κ1) is 14.1. The number of rotatable bonds is 5. The molecule has 0 saturated carbocycles. The zero-order chi connectivity index (χ0) is 14.5. The number of hydrogen-bond acceptors (Lipinski definition) is 4. The highest BCUT2D eigenvalue weighted by atomic mass is 32.1. The van der Waals surface area contributed by atoms with E-state index < -0.39 is 5.97 Å². The topological polar surface area (TPSA) is 91.6 Å². The van der Waals surface area contributed by atoms with Crippen LogP contribution in [0.25, 0.3) is 0 Å². The summed E-state index contributed by atoms with van der Waals surface area (Å²) in [5, 5.41) is 16.1. The predicted octanol–water partition coefficient (Wildman–Crippen LogP) is 2.60. The largest absolute Gasteiger partial charge is 0.475 e. The highest BCUT2D eigenvalue weighted by Gasteiger charge is 2.12. The third-order valence-electron chi connectivity index (χ3n) is 2.61. The van der Waals surface area contributed by atoms with Crippen molar-refractivity contribution in [2.24, 2.45) is 0 Å². The van der Waals surface area contributed by atoms with E-state index in [2.05, 4.69) is 10.6 Å². The summed E-state index contributed by atoms with van der Waals surface area (Å²) in [7, 11) is 0. The van der Waals surface area contributed by atoms with Gasteiger partial charge in [0.05, 0.1) is 12.6 Å². The molecule has 0 aliphatic carbocycles. The number of carbonyl (C=O) groups excluding carboxylic acids is 1. The van der Waals surface area contributed by atoms with E-state index in [9.17, 15) is 9.59 Å². The zero-order valence-electron chi connectivity index (χ0n) is 10.8. The normalized spacial score (nSPS) is 11.8. The molecule has 2 heterocycles. The van der Waals surface area contributed by atoms with Gasteiger partial charge in [-0.25, -0.2) is 9.59 Å². The summed E-state index contributed by atoms with van der Waals surface area (Å²) < 4.78 is 5.03. The van der Waals surface area contributed by atoms with Gasteiger partial charge >= 0.3 is 12.0 Å². The van der Waals surface area contributed by atoms with Crippen molar-refractivity contribution in [3.8, 4) is 0 Å². The van der Waals surface area contributed by atoms with Crippen LogP contribution in [0, 0.1) is 0 Å². The molecule has 1 atom stereocenters. The molecule has 0 radical (unpaired) electrons. The van der Waals surface area contributed by atoms with Gasteiger partial charge < -0.3 is 20.2 Å². The number of thiophene rings is 1. The maximum atomic E-state index is 11.7. The van der Waals surface area contributed by atoms with Gasteiger partial charge in [0, 0.05) is 4.88 Å². The van der Waals surface area contributed by atoms with Crippen molar-refractivity contribution >= 4 is 23.3 Å². The highest BCUT2D eigenvalue weighted by Crippen LogP contribution is 2.17. The molecule has 0 aliphatic rings. The Morgan fingerprint density at radius 2 is 2.20 bits per heavy atom. The van der Waals surface area contributed by atoms with Crippen LogP contribution in [0.5, 0.6) is 0 Å². The summed E-state index contributed by atoms with van der Waals surface area (Å²) in [4.78, 5) is 23.4. The number of amides is 2. The van der Waals surface area contributed by atoms with E-state index in [1.165, 1.54) is 12.1 Å². The summed E-state index contributed by atoms with van der Waals surface area (Å²) in [6, 6.07) is 6.33. The standard InChI is InChI=1S/C13H14N2O4S/c1-8(11-3-2-6-20-11)15-13(18)14-7-9-4-5-10(19-9)12(16)17/h2-6,8H,7H2,1H3,(H,16,17)(H2,14,15,18). The molecular weight excluding hydrogens is 280 g/mol. The van der Waals surface area contributed by atoms with Crippen LogP contribution in [0.3, 0.4) is 0 Å². The smallest absolute Gasteiger partial charge is 0.371 e. The van der Waals surface area contributed by atoms with Gasteiger partial charge in [0.15, 0.2) is 0 Å². The minimum Gasteiger partial charge on any atom is -0.475 e. The average Bonchev–Trinajstić information content (AvgIpc) is 3.07. The Kier molecular flexibility index (Phi) is 4.41. The lowest BCUT2D eigenvalue weighted by atomic mass is 10.3. The third-order valence-corrected chi connectivity index (χ3v) is 3.67. The Morgan fingerprint density at radius 1 is 1.40 bits per heavy atom. The molecule has 0 fully saturated rings. The molecule has 20 heavy (non-hydrogen) atoms. The summed E-state index contributed by atoms with van der Waals surface area (Å²) >= 11 is 1.57. The molecule has 2 rings (SSSR count). The number of aromatic carboxylic acids is 1. The quantitative estimate of drug-likeness (QED) is 0.790. The first-order valence-corrected chi connectivity index (χ1v) is 6.84. The van der Waals surface area contributed by atoms with Crippen molar-refractivity contribution in [3.63, 3.8) is 0 Å². The second-order valence-corrected chi connectivity index (χ2v) is 5.11. The van der Waals surface area contributed by atoms with E-state index in [1.807, 2.05) is 24.4 Å². The fourth-order valence-electron chi connectivity index (χ4n) is 1.61. The van der Waals surface area contributed by atoms with Crippen molar-refractivity contribution in [1.29, 1.82) is 0 Å². The summed E-state index contributed by atoms with van der Waals surface area (Å²) in [5.74, 6) is -0.887. The highest BCUT2D eigenvalue weighted by molar-refractivity contribution is 7.10. The third kappa shape index (κ3) is 3.61.